The van der Waals surface area contributed by atoms with Crippen LogP contribution in [0.15, 0.2) is 6.20 Å². The number of hydrogen-bond donors (Lipinski definition) is 1. The van der Waals surface area contributed by atoms with Crippen molar-refractivity contribution in [2.45, 2.75) is 49.4 Å². The van der Waals surface area contributed by atoms with Gasteiger partial charge >= 0.3 is 5.97 Å². The number of carbonyl (C=O) groups is 1. The maximum absolute atomic E-state index is 11.2. The van der Waals surface area contributed by atoms with Gasteiger partial charge in [-0.2, -0.15) is 11.8 Å². The van der Waals surface area contributed by atoms with Crippen molar-refractivity contribution < 1.29 is 9.90 Å². The molecule has 3 atom stereocenters. The van der Waals surface area contributed by atoms with Crippen LogP contribution in [0.5, 0.6) is 0 Å². The van der Waals surface area contributed by atoms with Gasteiger partial charge in [-0.3, -0.25) is 0 Å². The van der Waals surface area contributed by atoms with Crippen LogP contribution in [0.3, 0.4) is 0 Å². The van der Waals surface area contributed by atoms with Crippen molar-refractivity contribution in [3.05, 3.63) is 23.3 Å². The van der Waals surface area contributed by atoms with Crippen LogP contribution in [0.25, 0.3) is 0 Å². The highest BCUT2D eigenvalue weighted by atomic mass is 32.2. The van der Waals surface area contributed by atoms with Crippen LogP contribution in [-0.2, 0) is 0 Å². The van der Waals surface area contributed by atoms with Crippen molar-refractivity contribution in [3.8, 4) is 0 Å². The third kappa shape index (κ3) is 3.28. The lowest BCUT2D eigenvalue weighted by Gasteiger charge is -2.30. The fourth-order valence-electron chi connectivity index (χ4n) is 2.09. The molecule has 0 aliphatic carbocycles. The predicted molar refractivity (Wildman–Crippen MR) is 84.8 cm³/mol. The number of carboxylic acid groups (broad SMARTS) is 1. The minimum atomic E-state index is -0.951. The van der Waals surface area contributed by atoms with Gasteiger partial charge in [-0.15, -0.1) is 11.8 Å². The molecular formula is C14H20N2O2S2. The molecule has 1 N–H and O–H groups in total. The molecule has 0 spiro atoms. The van der Waals surface area contributed by atoms with Crippen LogP contribution >= 0.6 is 23.5 Å². The third-order valence-corrected chi connectivity index (χ3v) is 6.84. The Hall–Kier alpha value is -0.750. The van der Waals surface area contributed by atoms with E-state index < -0.39 is 5.97 Å². The maximum atomic E-state index is 11.2. The van der Waals surface area contributed by atoms with E-state index in [0.29, 0.717) is 16.2 Å². The van der Waals surface area contributed by atoms with E-state index >= 15 is 0 Å². The zero-order chi connectivity index (χ0) is 14.9. The lowest BCUT2D eigenvalue weighted by Crippen LogP contribution is -2.23. The minimum absolute atomic E-state index is 0.0837. The summed E-state index contributed by atoms with van der Waals surface area (Å²) in [5, 5.41) is 10.7. The van der Waals surface area contributed by atoms with E-state index in [2.05, 4.69) is 23.8 Å². The van der Waals surface area contributed by atoms with Crippen molar-refractivity contribution in [2.24, 2.45) is 0 Å². The number of nitrogens with zero attached hydrogens (tertiary/aromatic N) is 2. The number of aromatic carboxylic acids is 1. The summed E-state index contributed by atoms with van der Waals surface area (Å²) in [7, 11) is 0. The van der Waals surface area contributed by atoms with E-state index in [9.17, 15) is 9.90 Å². The summed E-state index contributed by atoms with van der Waals surface area (Å²) < 4.78 is 0. The Bertz CT molecular complexity index is 508. The third-order valence-electron chi connectivity index (χ3n) is 3.45. The van der Waals surface area contributed by atoms with Crippen LogP contribution in [0, 0.1) is 0 Å². The Kier molecular flexibility index (Phi) is 4.96. The van der Waals surface area contributed by atoms with Crippen molar-refractivity contribution in [2.75, 3.05) is 5.75 Å². The zero-order valence-corrected chi connectivity index (χ0v) is 13.8. The molecule has 1 aromatic heterocycles. The summed E-state index contributed by atoms with van der Waals surface area (Å²) in [5.41, 5.74) is 0.859. The molecule has 0 saturated carbocycles. The minimum Gasteiger partial charge on any atom is -0.478 e. The summed E-state index contributed by atoms with van der Waals surface area (Å²) in [6.45, 7) is 8.40. The van der Waals surface area contributed by atoms with Gasteiger partial charge in [-0.05, 0) is 5.92 Å². The first-order valence-corrected chi connectivity index (χ1v) is 8.76. The molecule has 3 unspecified atom stereocenters. The van der Waals surface area contributed by atoms with E-state index in [1.165, 1.54) is 6.20 Å². The number of thioether (sulfide) groups is 2. The highest BCUT2D eigenvalue weighted by molar-refractivity contribution is 8.07. The Balaban J connectivity index is 2.29. The van der Waals surface area contributed by atoms with Gasteiger partial charge in [-0.25, -0.2) is 14.8 Å². The molecule has 1 saturated heterocycles. The molecule has 2 heterocycles. The van der Waals surface area contributed by atoms with Gasteiger partial charge in [0.1, 0.15) is 5.82 Å². The maximum Gasteiger partial charge on any atom is 0.339 e. The fraction of sp³-hybridized carbons (Fsp3) is 0.643. The monoisotopic (exact) mass is 312 g/mol. The van der Waals surface area contributed by atoms with E-state index in [0.717, 1.165) is 11.6 Å². The first kappa shape index (κ1) is 15.6. The van der Waals surface area contributed by atoms with Gasteiger partial charge in [0.2, 0.25) is 0 Å². The second-order valence-electron chi connectivity index (χ2n) is 5.36. The molecule has 20 heavy (non-hydrogen) atoms. The van der Waals surface area contributed by atoms with Gasteiger partial charge in [0.25, 0.3) is 0 Å². The molecule has 0 aromatic carbocycles. The normalized spacial score (nSPS) is 26.8. The molecule has 1 aliphatic heterocycles. The first-order valence-electron chi connectivity index (χ1n) is 6.77. The Morgan fingerprint density at radius 3 is 2.65 bits per heavy atom. The predicted octanol–water partition coefficient (Wildman–Crippen LogP) is 3.60. The van der Waals surface area contributed by atoms with Crippen LogP contribution in [0.4, 0.5) is 0 Å². The molecule has 0 amide bonds. The van der Waals surface area contributed by atoms with Gasteiger partial charge in [0.05, 0.1) is 16.5 Å². The molecule has 0 radical (unpaired) electrons. The lowest BCUT2D eigenvalue weighted by molar-refractivity contribution is 0.0694. The Morgan fingerprint density at radius 2 is 2.10 bits per heavy atom. The number of rotatable bonds is 3. The molecule has 4 nitrogen and oxygen atoms in total. The SMILES string of the molecule is CC(C)c1nc(C2CSC(C)C(C)S2)ncc1C(=O)O. The molecular weight excluding hydrogens is 292 g/mol. The van der Waals surface area contributed by atoms with Crippen LogP contribution < -0.4 is 0 Å². The zero-order valence-electron chi connectivity index (χ0n) is 12.2. The average molecular weight is 312 g/mol. The molecule has 1 aromatic rings. The highest BCUT2D eigenvalue weighted by Crippen LogP contribution is 2.43. The van der Waals surface area contributed by atoms with Gasteiger partial charge in [-0.1, -0.05) is 27.7 Å². The van der Waals surface area contributed by atoms with E-state index in [1.54, 1.807) is 0 Å². The Labute approximate surface area is 128 Å². The van der Waals surface area contributed by atoms with Crippen LogP contribution in [0.1, 0.15) is 60.7 Å². The second kappa shape index (κ2) is 6.35. The van der Waals surface area contributed by atoms with Gasteiger partial charge in [0, 0.05) is 22.4 Å². The number of carboxylic acids is 1. The fourth-order valence-corrected chi connectivity index (χ4v) is 4.94. The van der Waals surface area contributed by atoms with E-state index in [4.69, 9.17) is 0 Å². The highest BCUT2D eigenvalue weighted by Gasteiger charge is 2.29. The molecule has 0 bridgehead atoms. The van der Waals surface area contributed by atoms with Crippen LogP contribution in [0.2, 0.25) is 0 Å². The topological polar surface area (TPSA) is 63.1 Å². The summed E-state index contributed by atoms with van der Waals surface area (Å²) in [6.07, 6.45) is 1.47. The molecule has 1 fully saturated rings. The lowest BCUT2D eigenvalue weighted by atomic mass is 10.1. The molecule has 2 rings (SSSR count). The van der Waals surface area contributed by atoms with Crippen molar-refractivity contribution in [1.29, 1.82) is 0 Å². The second-order valence-corrected chi connectivity index (χ2v) is 8.35. The molecule has 6 heteroatoms. The van der Waals surface area contributed by atoms with Crippen LogP contribution in [-0.4, -0.2) is 37.3 Å². The van der Waals surface area contributed by atoms with Crippen molar-refractivity contribution in [3.63, 3.8) is 0 Å². The summed E-state index contributed by atoms with van der Waals surface area (Å²) in [4.78, 5) is 20.1. The van der Waals surface area contributed by atoms with Crippen molar-refractivity contribution in [1.82, 2.24) is 9.97 Å². The smallest absolute Gasteiger partial charge is 0.339 e. The van der Waals surface area contributed by atoms with Gasteiger partial charge < -0.3 is 5.11 Å². The quantitative estimate of drug-likeness (QED) is 0.920. The Morgan fingerprint density at radius 1 is 1.40 bits per heavy atom. The first-order chi connectivity index (χ1) is 9.40. The molecule has 110 valence electrons. The summed E-state index contributed by atoms with van der Waals surface area (Å²) >= 11 is 3.83. The van der Waals surface area contributed by atoms with Gasteiger partial charge in [0.15, 0.2) is 0 Å². The standard InChI is InChI=1S/C14H20N2O2S2/c1-7(2)12-10(14(17)18)5-15-13(16-12)11-6-19-8(3)9(4)20-11/h5,7-9,11H,6H2,1-4H3,(H,17,18). The number of aromatic nitrogens is 2. The summed E-state index contributed by atoms with van der Waals surface area (Å²) in [6, 6.07) is 0. The largest absolute Gasteiger partial charge is 0.478 e. The molecule has 1 aliphatic rings. The van der Waals surface area contributed by atoms with Crippen molar-refractivity contribution >= 4 is 29.5 Å². The van der Waals surface area contributed by atoms with E-state index in [1.807, 2.05) is 37.4 Å². The summed E-state index contributed by atoms with van der Waals surface area (Å²) in [5.74, 6) is 0.892. The average Bonchev–Trinajstić information content (AvgIpc) is 2.41. The number of hydrogen-bond acceptors (Lipinski definition) is 5. The van der Waals surface area contributed by atoms with E-state index in [-0.39, 0.29) is 16.7 Å².